The van der Waals surface area contributed by atoms with Gasteiger partial charge in [0.1, 0.15) is 12.4 Å². The zero-order valence-corrected chi connectivity index (χ0v) is 20.4. The Morgan fingerprint density at radius 2 is 2.00 bits per heavy atom. The molecule has 2 aromatic carbocycles. The number of carboxylic acids is 1. The van der Waals surface area contributed by atoms with E-state index in [1.165, 1.54) is 32.0 Å². The van der Waals surface area contributed by atoms with Crippen LogP contribution in [0.3, 0.4) is 0 Å². The van der Waals surface area contributed by atoms with Crippen LogP contribution in [0.15, 0.2) is 60.2 Å². The first-order chi connectivity index (χ1) is 16.6. The highest BCUT2D eigenvalue weighted by Crippen LogP contribution is 2.34. The highest BCUT2D eigenvalue weighted by Gasteiger charge is 2.28. The van der Waals surface area contributed by atoms with E-state index in [1.807, 2.05) is 11.3 Å². The maximum Gasteiger partial charge on any atom is 0.307 e. The Bertz CT molecular complexity index is 1200. The normalized spacial score (nSPS) is 17.8. The van der Waals surface area contributed by atoms with Gasteiger partial charge in [-0.15, -0.1) is 11.3 Å². The van der Waals surface area contributed by atoms with Crippen LogP contribution in [0.2, 0.25) is 0 Å². The van der Waals surface area contributed by atoms with Crippen molar-refractivity contribution in [3.05, 3.63) is 81.1 Å². The summed E-state index contributed by atoms with van der Waals surface area (Å²) in [6.07, 6.45) is 6.04. The van der Waals surface area contributed by atoms with Crippen LogP contribution < -0.4 is 4.74 Å². The number of carbonyl (C=O) groups is 1. The summed E-state index contributed by atoms with van der Waals surface area (Å²) >= 11 is 1.94. The molecule has 4 nitrogen and oxygen atoms in total. The van der Waals surface area contributed by atoms with Crippen LogP contribution in [-0.4, -0.2) is 42.2 Å². The predicted octanol–water partition coefficient (Wildman–Crippen LogP) is 5.95. The van der Waals surface area contributed by atoms with E-state index in [-0.39, 0.29) is 5.92 Å². The lowest BCUT2D eigenvalue weighted by atomic mass is 10.0. The number of thiophene rings is 1. The van der Waals surface area contributed by atoms with Gasteiger partial charge >= 0.3 is 5.97 Å². The molecule has 1 aromatic heterocycles. The minimum absolute atomic E-state index is 0.236. The highest BCUT2D eigenvalue weighted by atomic mass is 32.1. The number of aliphatic carboxylic acids is 1. The molecule has 5 rings (SSSR count). The van der Waals surface area contributed by atoms with Crippen molar-refractivity contribution in [2.75, 3.05) is 26.2 Å². The van der Waals surface area contributed by atoms with E-state index in [4.69, 9.17) is 4.74 Å². The number of hydrogen-bond acceptors (Lipinski definition) is 4. The van der Waals surface area contributed by atoms with Crippen LogP contribution >= 0.6 is 11.3 Å². The van der Waals surface area contributed by atoms with E-state index in [2.05, 4.69) is 72.5 Å². The van der Waals surface area contributed by atoms with E-state index in [1.54, 1.807) is 0 Å². The van der Waals surface area contributed by atoms with Crippen molar-refractivity contribution < 1.29 is 14.6 Å². The van der Waals surface area contributed by atoms with Gasteiger partial charge in [-0.25, -0.2) is 0 Å². The molecule has 0 radical (unpaired) electrons. The van der Waals surface area contributed by atoms with Crippen molar-refractivity contribution in [2.24, 2.45) is 5.92 Å². The third-order valence-electron chi connectivity index (χ3n) is 6.82. The third kappa shape index (κ3) is 5.11. The smallest absolute Gasteiger partial charge is 0.307 e. The highest BCUT2D eigenvalue weighted by molar-refractivity contribution is 7.12. The van der Waals surface area contributed by atoms with E-state index < -0.39 is 5.97 Å². The van der Waals surface area contributed by atoms with Gasteiger partial charge in [0.2, 0.25) is 0 Å². The molecule has 3 heterocycles. The van der Waals surface area contributed by atoms with Gasteiger partial charge in [-0.1, -0.05) is 49.4 Å². The molecular formula is C29H31NO3S. The summed E-state index contributed by atoms with van der Waals surface area (Å²) in [4.78, 5) is 16.3. The number of rotatable bonds is 8. The SMILES string of the molecule is CCc1sc(CCc2ccc3c(c2)OCC(CN2CCC(C(=O)O)C2)=C3)cc1-c1ccccc1. The summed E-state index contributed by atoms with van der Waals surface area (Å²) in [6.45, 7) is 5.07. The molecule has 2 aliphatic heterocycles. The number of fused-ring (bicyclic) bond motifs is 1. The molecule has 1 atom stereocenters. The second-order valence-corrected chi connectivity index (χ2v) is 10.5. The lowest BCUT2D eigenvalue weighted by Gasteiger charge is -2.23. The average molecular weight is 474 g/mol. The Morgan fingerprint density at radius 3 is 2.76 bits per heavy atom. The van der Waals surface area contributed by atoms with Crippen LogP contribution in [0.5, 0.6) is 5.75 Å². The molecule has 5 heteroatoms. The fraction of sp³-hybridized carbons (Fsp3) is 0.345. The van der Waals surface area contributed by atoms with Crippen molar-refractivity contribution >= 4 is 23.4 Å². The maximum atomic E-state index is 11.2. The summed E-state index contributed by atoms with van der Waals surface area (Å²) in [5, 5.41) is 9.22. The fourth-order valence-corrected chi connectivity index (χ4v) is 6.09. The summed E-state index contributed by atoms with van der Waals surface area (Å²) < 4.78 is 6.10. The number of carboxylic acid groups (broad SMARTS) is 1. The molecule has 2 aliphatic rings. The Hall–Kier alpha value is -2.89. The number of nitrogens with zero attached hydrogens (tertiary/aromatic N) is 1. The molecule has 176 valence electrons. The average Bonchev–Trinajstić information content (AvgIpc) is 3.50. The maximum absolute atomic E-state index is 11.2. The quantitative estimate of drug-likeness (QED) is 0.440. The van der Waals surface area contributed by atoms with Crippen molar-refractivity contribution in [2.45, 2.75) is 32.6 Å². The summed E-state index contributed by atoms with van der Waals surface area (Å²) in [7, 11) is 0. The lowest BCUT2D eigenvalue weighted by molar-refractivity contribution is -0.141. The van der Waals surface area contributed by atoms with E-state index >= 15 is 0 Å². The zero-order chi connectivity index (χ0) is 23.5. The molecule has 0 spiro atoms. The number of likely N-dealkylation sites (tertiary alicyclic amines) is 1. The van der Waals surface area contributed by atoms with Gasteiger partial charge in [0, 0.05) is 28.4 Å². The molecule has 3 aromatic rings. The summed E-state index contributed by atoms with van der Waals surface area (Å²) in [5.41, 5.74) is 6.31. The Kier molecular flexibility index (Phi) is 6.84. The largest absolute Gasteiger partial charge is 0.489 e. The Balaban J connectivity index is 1.22. The zero-order valence-electron chi connectivity index (χ0n) is 19.6. The Labute approximate surface area is 205 Å². The molecule has 1 N–H and O–H groups in total. The molecular weight excluding hydrogens is 442 g/mol. The minimum Gasteiger partial charge on any atom is -0.489 e. The van der Waals surface area contributed by atoms with Crippen LogP contribution in [0.1, 0.15) is 34.2 Å². The van der Waals surface area contributed by atoms with Crippen LogP contribution in [0, 0.1) is 5.92 Å². The van der Waals surface area contributed by atoms with Crippen molar-refractivity contribution in [1.82, 2.24) is 4.90 Å². The topological polar surface area (TPSA) is 49.8 Å². The molecule has 0 amide bonds. The molecule has 1 unspecified atom stereocenters. The first-order valence-electron chi connectivity index (χ1n) is 12.2. The van der Waals surface area contributed by atoms with Crippen LogP contribution in [0.4, 0.5) is 0 Å². The van der Waals surface area contributed by atoms with Crippen molar-refractivity contribution in [3.8, 4) is 16.9 Å². The second kappa shape index (κ2) is 10.2. The first-order valence-corrected chi connectivity index (χ1v) is 13.0. The van der Waals surface area contributed by atoms with E-state index in [0.29, 0.717) is 13.2 Å². The lowest BCUT2D eigenvalue weighted by Crippen LogP contribution is -2.27. The Morgan fingerprint density at radius 1 is 1.15 bits per heavy atom. The molecule has 34 heavy (non-hydrogen) atoms. The first kappa shape index (κ1) is 22.9. The van der Waals surface area contributed by atoms with Gasteiger partial charge < -0.3 is 9.84 Å². The van der Waals surface area contributed by atoms with E-state index in [9.17, 15) is 9.90 Å². The monoisotopic (exact) mass is 473 g/mol. The summed E-state index contributed by atoms with van der Waals surface area (Å²) in [6, 6.07) is 19.6. The molecule has 0 saturated carbocycles. The van der Waals surface area contributed by atoms with Gasteiger partial charge in [0.05, 0.1) is 5.92 Å². The van der Waals surface area contributed by atoms with Gasteiger partial charge in [0.25, 0.3) is 0 Å². The standard InChI is InChI=1S/C29H31NO3S/c1-2-28-26(22-6-4-3-5-7-22)16-25(34-28)11-9-20-8-10-23-14-21(19-33-27(23)15-20)17-30-13-12-24(18-30)29(31)32/h3-8,10,14-16,24H,2,9,11-13,17-19H2,1H3,(H,31,32). The predicted molar refractivity (Wildman–Crippen MR) is 139 cm³/mol. The molecule has 1 saturated heterocycles. The summed E-state index contributed by atoms with van der Waals surface area (Å²) in [5.74, 6) is 0.0379. The number of ether oxygens (including phenoxy) is 1. The van der Waals surface area contributed by atoms with Crippen LogP contribution in [-0.2, 0) is 24.1 Å². The minimum atomic E-state index is -0.681. The van der Waals surface area contributed by atoms with Gasteiger partial charge in [-0.2, -0.15) is 0 Å². The number of hydrogen-bond donors (Lipinski definition) is 1. The second-order valence-electron chi connectivity index (χ2n) is 9.29. The van der Waals surface area contributed by atoms with Gasteiger partial charge in [0.15, 0.2) is 0 Å². The van der Waals surface area contributed by atoms with Crippen molar-refractivity contribution in [3.63, 3.8) is 0 Å². The van der Waals surface area contributed by atoms with E-state index in [0.717, 1.165) is 50.1 Å². The molecule has 0 aliphatic carbocycles. The fourth-order valence-electron chi connectivity index (χ4n) is 4.97. The third-order valence-corrected chi connectivity index (χ3v) is 8.16. The molecule has 1 fully saturated rings. The number of aryl methyl sites for hydroxylation is 3. The number of benzene rings is 2. The van der Waals surface area contributed by atoms with Crippen molar-refractivity contribution in [1.29, 1.82) is 0 Å². The van der Waals surface area contributed by atoms with Gasteiger partial charge in [-0.05, 0) is 72.7 Å². The molecule has 0 bridgehead atoms. The van der Waals surface area contributed by atoms with Gasteiger partial charge in [-0.3, -0.25) is 9.69 Å². The van der Waals surface area contributed by atoms with Crippen LogP contribution in [0.25, 0.3) is 17.2 Å².